The van der Waals surface area contributed by atoms with E-state index < -0.39 is 0 Å². The van der Waals surface area contributed by atoms with Crippen molar-refractivity contribution in [2.75, 3.05) is 23.3 Å². The number of carbonyl (C=O) groups is 1. The van der Waals surface area contributed by atoms with Crippen LogP contribution in [0.4, 0.5) is 11.4 Å². The fourth-order valence-corrected chi connectivity index (χ4v) is 2.49. The molecular weight excluding hydrogens is 268 g/mol. The van der Waals surface area contributed by atoms with Gasteiger partial charge in [0.15, 0.2) is 0 Å². The number of phenols is 2. The number of aromatic hydroxyl groups is 2. The number of carbonyl (C=O) groups excluding carboxylic acids is 1. The number of phenolic OH excluding ortho intramolecular Hbond substituents is 2. The molecule has 3 rings (SSSR count). The van der Waals surface area contributed by atoms with Crippen LogP contribution in [0.25, 0.3) is 0 Å². The van der Waals surface area contributed by atoms with E-state index in [0.717, 1.165) is 24.3 Å². The molecule has 1 heterocycles. The van der Waals surface area contributed by atoms with Gasteiger partial charge in [0, 0.05) is 13.1 Å². The zero-order chi connectivity index (χ0) is 14.8. The highest BCUT2D eigenvalue weighted by atomic mass is 16.3. The average Bonchev–Trinajstić information content (AvgIpc) is 2.71. The summed E-state index contributed by atoms with van der Waals surface area (Å²) in [6.45, 7) is 1.34. The molecule has 1 amide bonds. The minimum atomic E-state index is -0.320. The van der Waals surface area contributed by atoms with Gasteiger partial charge >= 0.3 is 0 Å². The largest absolute Gasteiger partial charge is 0.508 e. The van der Waals surface area contributed by atoms with E-state index in [9.17, 15) is 15.0 Å². The zero-order valence-electron chi connectivity index (χ0n) is 11.4. The Morgan fingerprint density at radius 2 is 1.95 bits per heavy atom. The van der Waals surface area contributed by atoms with E-state index in [-0.39, 0.29) is 23.0 Å². The van der Waals surface area contributed by atoms with E-state index in [2.05, 4.69) is 5.32 Å². The summed E-state index contributed by atoms with van der Waals surface area (Å²) in [6.07, 6.45) is 0.806. The molecule has 5 nitrogen and oxygen atoms in total. The van der Waals surface area contributed by atoms with E-state index in [1.165, 1.54) is 18.2 Å². The van der Waals surface area contributed by atoms with Gasteiger partial charge in [-0.2, -0.15) is 0 Å². The zero-order valence-corrected chi connectivity index (χ0v) is 11.4. The van der Waals surface area contributed by atoms with E-state index in [1.54, 1.807) is 4.90 Å². The van der Waals surface area contributed by atoms with Crippen LogP contribution in [0, 0.1) is 0 Å². The highest BCUT2D eigenvalue weighted by Crippen LogP contribution is 2.31. The molecule has 0 bridgehead atoms. The monoisotopic (exact) mass is 284 g/mol. The maximum Gasteiger partial charge on any atom is 0.262 e. The Labute approximate surface area is 122 Å². The van der Waals surface area contributed by atoms with Gasteiger partial charge in [0.25, 0.3) is 5.91 Å². The lowest BCUT2D eigenvalue weighted by molar-refractivity contribution is 0.0984. The Bertz CT molecular complexity index is 685. The predicted molar refractivity (Wildman–Crippen MR) is 81.0 cm³/mol. The quantitative estimate of drug-likeness (QED) is 0.704. The Morgan fingerprint density at radius 1 is 1.14 bits per heavy atom. The number of fused-ring (bicyclic) bond motifs is 1. The molecule has 0 saturated heterocycles. The van der Waals surface area contributed by atoms with Crippen LogP contribution in [0.2, 0.25) is 0 Å². The molecule has 1 aliphatic heterocycles. The van der Waals surface area contributed by atoms with Gasteiger partial charge in [0.2, 0.25) is 0 Å². The van der Waals surface area contributed by atoms with Gasteiger partial charge in [0.1, 0.15) is 11.5 Å². The van der Waals surface area contributed by atoms with Crippen LogP contribution < -0.4 is 10.2 Å². The van der Waals surface area contributed by atoms with Crippen molar-refractivity contribution in [1.29, 1.82) is 0 Å². The molecule has 2 aromatic rings. The van der Waals surface area contributed by atoms with E-state index >= 15 is 0 Å². The summed E-state index contributed by atoms with van der Waals surface area (Å²) < 4.78 is 0. The summed E-state index contributed by atoms with van der Waals surface area (Å²) in [5, 5.41) is 22.7. The topological polar surface area (TPSA) is 72.8 Å². The highest BCUT2D eigenvalue weighted by Gasteiger charge is 2.24. The number of rotatable bonds is 1. The van der Waals surface area contributed by atoms with Crippen LogP contribution in [0.5, 0.6) is 11.5 Å². The second-order valence-electron chi connectivity index (χ2n) is 4.96. The maximum absolute atomic E-state index is 12.7. The predicted octanol–water partition coefficient (Wildman–Crippen LogP) is 2.56. The molecule has 0 aliphatic carbocycles. The highest BCUT2D eigenvalue weighted by molar-refractivity contribution is 6.09. The SMILES string of the molecule is O=C(c1cc(O)ccc1O)N1CCCNc2ccccc21. The number of hydrogen-bond donors (Lipinski definition) is 3. The number of para-hydroxylation sites is 2. The number of nitrogens with zero attached hydrogens (tertiary/aromatic N) is 1. The molecule has 3 N–H and O–H groups in total. The van der Waals surface area contributed by atoms with Crippen LogP contribution in [0.15, 0.2) is 42.5 Å². The smallest absolute Gasteiger partial charge is 0.262 e. The average molecular weight is 284 g/mol. The molecular formula is C16H16N2O3. The molecule has 0 unspecified atom stereocenters. The van der Waals surface area contributed by atoms with Crippen LogP contribution in [0.1, 0.15) is 16.8 Å². The number of hydrogen-bond acceptors (Lipinski definition) is 4. The van der Waals surface area contributed by atoms with Crippen molar-refractivity contribution in [3.8, 4) is 11.5 Å². The first kappa shape index (κ1) is 13.3. The number of anilines is 2. The van der Waals surface area contributed by atoms with Gasteiger partial charge in [-0.3, -0.25) is 4.79 Å². The summed E-state index contributed by atoms with van der Waals surface area (Å²) >= 11 is 0. The molecule has 0 atom stereocenters. The fourth-order valence-electron chi connectivity index (χ4n) is 2.49. The number of nitrogens with one attached hydrogen (secondary N) is 1. The first-order chi connectivity index (χ1) is 10.2. The minimum Gasteiger partial charge on any atom is -0.508 e. The van der Waals surface area contributed by atoms with Crippen molar-refractivity contribution < 1.29 is 15.0 Å². The molecule has 1 aliphatic rings. The molecule has 2 aromatic carbocycles. The summed E-state index contributed by atoms with van der Waals surface area (Å²) in [6, 6.07) is 11.5. The van der Waals surface area contributed by atoms with Gasteiger partial charge in [-0.05, 0) is 36.8 Å². The molecule has 0 fully saturated rings. The van der Waals surface area contributed by atoms with Gasteiger partial charge in [-0.25, -0.2) is 0 Å². The van der Waals surface area contributed by atoms with Crippen LogP contribution in [-0.2, 0) is 0 Å². The molecule has 0 radical (unpaired) electrons. The third-order valence-corrected chi connectivity index (χ3v) is 3.52. The van der Waals surface area contributed by atoms with Crippen LogP contribution in [0.3, 0.4) is 0 Å². The van der Waals surface area contributed by atoms with Gasteiger partial charge in [-0.1, -0.05) is 12.1 Å². The summed E-state index contributed by atoms with van der Waals surface area (Å²) in [4.78, 5) is 14.3. The van der Waals surface area contributed by atoms with Gasteiger partial charge in [-0.15, -0.1) is 0 Å². The summed E-state index contributed by atoms with van der Waals surface area (Å²) in [5.41, 5.74) is 1.78. The van der Waals surface area contributed by atoms with Crippen molar-refractivity contribution in [1.82, 2.24) is 0 Å². The fraction of sp³-hybridized carbons (Fsp3) is 0.188. The Morgan fingerprint density at radius 3 is 2.81 bits per heavy atom. The molecule has 108 valence electrons. The standard InChI is InChI=1S/C16H16N2O3/c19-11-6-7-15(20)12(10-11)16(21)18-9-3-8-17-13-4-1-2-5-14(13)18/h1-2,4-7,10,17,19-20H,3,8-9H2. The van der Waals surface area contributed by atoms with Crippen molar-refractivity contribution in [2.24, 2.45) is 0 Å². The van der Waals surface area contributed by atoms with Gasteiger partial charge < -0.3 is 20.4 Å². The Hall–Kier alpha value is -2.69. The summed E-state index contributed by atoms with van der Waals surface area (Å²) in [5.74, 6) is -0.496. The molecule has 0 spiro atoms. The third-order valence-electron chi connectivity index (χ3n) is 3.52. The van der Waals surface area contributed by atoms with Crippen LogP contribution in [-0.4, -0.2) is 29.2 Å². The van der Waals surface area contributed by atoms with Crippen LogP contribution >= 0.6 is 0 Å². The van der Waals surface area contributed by atoms with Gasteiger partial charge in [0.05, 0.1) is 16.9 Å². The van der Waals surface area contributed by atoms with Crippen molar-refractivity contribution in [2.45, 2.75) is 6.42 Å². The van der Waals surface area contributed by atoms with E-state index in [4.69, 9.17) is 0 Å². The lowest BCUT2D eigenvalue weighted by atomic mass is 10.1. The molecule has 0 aromatic heterocycles. The van der Waals surface area contributed by atoms with Crippen molar-refractivity contribution >= 4 is 17.3 Å². The second kappa shape index (κ2) is 5.36. The normalized spacial score (nSPS) is 14.0. The lowest BCUT2D eigenvalue weighted by Crippen LogP contribution is -2.31. The van der Waals surface area contributed by atoms with E-state index in [1.807, 2.05) is 24.3 Å². The molecule has 21 heavy (non-hydrogen) atoms. The summed E-state index contributed by atoms with van der Waals surface area (Å²) in [7, 11) is 0. The maximum atomic E-state index is 12.7. The number of amides is 1. The lowest BCUT2D eigenvalue weighted by Gasteiger charge is -2.22. The van der Waals surface area contributed by atoms with E-state index in [0.29, 0.717) is 6.54 Å². The number of benzene rings is 2. The first-order valence-electron chi connectivity index (χ1n) is 6.83. The third kappa shape index (κ3) is 2.50. The Balaban J connectivity index is 2.03. The second-order valence-corrected chi connectivity index (χ2v) is 4.96. The molecule has 5 heteroatoms. The van der Waals surface area contributed by atoms with Crippen molar-refractivity contribution in [3.63, 3.8) is 0 Å². The van der Waals surface area contributed by atoms with Crippen molar-refractivity contribution in [3.05, 3.63) is 48.0 Å². The minimum absolute atomic E-state index is 0.0441. The Kier molecular flexibility index (Phi) is 3.39. The first-order valence-corrected chi connectivity index (χ1v) is 6.83. The molecule has 0 saturated carbocycles.